The van der Waals surface area contributed by atoms with Gasteiger partial charge in [-0.3, -0.25) is 4.79 Å². The number of nitrogens with zero attached hydrogens (tertiary/aromatic N) is 3. The summed E-state index contributed by atoms with van der Waals surface area (Å²) in [7, 11) is 0. The summed E-state index contributed by atoms with van der Waals surface area (Å²) in [6, 6.07) is 11.7. The van der Waals surface area contributed by atoms with Crippen LogP contribution in [-0.4, -0.2) is 14.6 Å². The van der Waals surface area contributed by atoms with Gasteiger partial charge in [-0.2, -0.15) is 9.50 Å². The third-order valence-electron chi connectivity index (χ3n) is 3.38. The van der Waals surface area contributed by atoms with Gasteiger partial charge in [-0.15, -0.1) is 16.4 Å². The Balaban J connectivity index is 1.87. The van der Waals surface area contributed by atoms with Gasteiger partial charge in [0.05, 0.1) is 4.53 Å². The molecule has 0 aliphatic carbocycles. The molecule has 4 aromatic rings. The maximum Gasteiger partial charge on any atom is 0.291 e. The summed E-state index contributed by atoms with van der Waals surface area (Å²) in [6.07, 6.45) is 1.92. The van der Waals surface area contributed by atoms with Crippen molar-refractivity contribution >= 4 is 33.7 Å². The average molecular weight is 325 g/mol. The third-order valence-corrected chi connectivity index (χ3v) is 5.30. The van der Waals surface area contributed by atoms with Gasteiger partial charge in [-0.05, 0) is 30.0 Å². The Morgan fingerprint density at radius 3 is 2.68 bits per heavy atom. The maximum atomic E-state index is 12.5. The van der Waals surface area contributed by atoms with E-state index in [2.05, 4.69) is 10.1 Å². The Kier molecular flexibility index (Phi) is 3.13. The van der Waals surface area contributed by atoms with Gasteiger partial charge < -0.3 is 0 Å². The summed E-state index contributed by atoms with van der Waals surface area (Å²) in [4.78, 5) is 18.7. The normalized spacial score (nSPS) is 12.3. The molecule has 0 aliphatic rings. The lowest BCUT2D eigenvalue weighted by atomic mass is 10.2. The van der Waals surface area contributed by atoms with Crippen LogP contribution >= 0.6 is 22.7 Å². The molecule has 0 spiro atoms. The van der Waals surface area contributed by atoms with Crippen molar-refractivity contribution in [1.82, 2.24) is 14.6 Å². The fraction of sp³-hybridized carbons (Fsp3) is 0.0625. The smallest absolute Gasteiger partial charge is 0.266 e. The van der Waals surface area contributed by atoms with Gasteiger partial charge in [-0.1, -0.05) is 41.7 Å². The molecule has 0 saturated carbocycles. The highest BCUT2D eigenvalue weighted by Crippen LogP contribution is 2.17. The van der Waals surface area contributed by atoms with Gasteiger partial charge in [0.1, 0.15) is 0 Å². The van der Waals surface area contributed by atoms with E-state index in [-0.39, 0.29) is 5.56 Å². The Labute approximate surface area is 134 Å². The molecule has 0 N–H and O–H groups in total. The van der Waals surface area contributed by atoms with Crippen molar-refractivity contribution in [2.45, 2.75) is 6.92 Å². The Hall–Kier alpha value is -2.31. The maximum absolute atomic E-state index is 12.5. The van der Waals surface area contributed by atoms with Crippen molar-refractivity contribution in [2.75, 3.05) is 0 Å². The van der Waals surface area contributed by atoms with Crippen LogP contribution in [0.15, 0.2) is 46.6 Å². The van der Waals surface area contributed by atoms with E-state index in [1.165, 1.54) is 21.4 Å². The lowest BCUT2D eigenvalue weighted by Gasteiger charge is -1.91. The molecule has 0 fully saturated rings. The molecular weight excluding hydrogens is 314 g/mol. The summed E-state index contributed by atoms with van der Waals surface area (Å²) < 4.78 is 2.06. The highest BCUT2D eigenvalue weighted by atomic mass is 32.1. The standard InChI is InChI=1S/C16H11N3OS2/c1-10-7-8-21-12(10)9-13-15(20)19-16(22-13)17-14(18-19)11-5-3-2-4-6-11/h2-9H,1H3/b13-9+. The van der Waals surface area contributed by atoms with E-state index in [0.717, 1.165) is 10.4 Å². The first kappa shape index (κ1) is 13.4. The molecule has 22 heavy (non-hydrogen) atoms. The monoisotopic (exact) mass is 325 g/mol. The number of benzene rings is 1. The van der Waals surface area contributed by atoms with Gasteiger partial charge in [0, 0.05) is 10.4 Å². The van der Waals surface area contributed by atoms with Crippen LogP contribution in [0, 0.1) is 6.92 Å². The van der Waals surface area contributed by atoms with E-state index >= 15 is 0 Å². The van der Waals surface area contributed by atoms with E-state index in [9.17, 15) is 4.79 Å². The number of hydrogen-bond acceptors (Lipinski definition) is 5. The van der Waals surface area contributed by atoms with Gasteiger partial charge >= 0.3 is 0 Å². The lowest BCUT2D eigenvalue weighted by molar-refractivity contribution is 0.937. The quantitative estimate of drug-likeness (QED) is 0.569. The van der Waals surface area contributed by atoms with Crippen LogP contribution in [0.1, 0.15) is 10.4 Å². The number of rotatable bonds is 2. The largest absolute Gasteiger partial charge is 0.291 e. The van der Waals surface area contributed by atoms with Gasteiger partial charge in [-0.25, -0.2) is 0 Å². The van der Waals surface area contributed by atoms with Crippen molar-refractivity contribution < 1.29 is 0 Å². The van der Waals surface area contributed by atoms with Gasteiger partial charge in [0.25, 0.3) is 5.56 Å². The van der Waals surface area contributed by atoms with Gasteiger partial charge in [0.2, 0.25) is 4.96 Å². The lowest BCUT2D eigenvalue weighted by Crippen LogP contribution is -2.23. The van der Waals surface area contributed by atoms with Crippen LogP contribution in [0.5, 0.6) is 0 Å². The van der Waals surface area contributed by atoms with Crippen molar-refractivity contribution in [3.63, 3.8) is 0 Å². The molecular formula is C16H11N3OS2. The van der Waals surface area contributed by atoms with Crippen molar-refractivity contribution in [1.29, 1.82) is 0 Å². The van der Waals surface area contributed by atoms with Crippen molar-refractivity contribution in [2.24, 2.45) is 0 Å². The van der Waals surface area contributed by atoms with Gasteiger partial charge in [0.15, 0.2) is 5.82 Å². The Morgan fingerprint density at radius 1 is 1.18 bits per heavy atom. The second-order valence-electron chi connectivity index (χ2n) is 4.88. The molecule has 4 nitrogen and oxygen atoms in total. The Bertz CT molecular complexity index is 1060. The van der Waals surface area contributed by atoms with E-state index in [1.807, 2.05) is 54.8 Å². The first-order valence-corrected chi connectivity index (χ1v) is 8.43. The minimum atomic E-state index is -0.109. The molecule has 0 saturated heterocycles. The number of thiazole rings is 1. The zero-order chi connectivity index (χ0) is 15.1. The summed E-state index contributed by atoms with van der Waals surface area (Å²) in [5, 5.41) is 6.37. The van der Waals surface area contributed by atoms with Crippen molar-refractivity contribution in [3.05, 3.63) is 67.1 Å². The van der Waals surface area contributed by atoms with Crippen LogP contribution < -0.4 is 10.1 Å². The fourth-order valence-electron chi connectivity index (χ4n) is 2.19. The average Bonchev–Trinajstić information content (AvgIpc) is 3.20. The van der Waals surface area contributed by atoms with Crippen LogP contribution in [0.2, 0.25) is 0 Å². The summed E-state index contributed by atoms with van der Waals surface area (Å²) >= 11 is 3.00. The second-order valence-corrected chi connectivity index (χ2v) is 6.84. The first-order valence-electron chi connectivity index (χ1n) is 6.73. The highest BCUT2D eigenvalue weighted by Gasteiger charge is 2.11. The number of thiophene rings is 1. The number of aromatic nitrogens is 3. The molecule has 0 aliphatic heterocycles. The summed E-state index contributed by atoms with van der Waals surface area (Å²) in [5.41, 5.74) is 1.98. The number of aryl methyl sites for hydroxylation is 1. The molecule has 108 valence electrons. The third kappa shape index (κ3) is 2.17. The fourth-order valence-corrected chi connectivity index (χ4v) is 4.02. The SMILES string of the molecule is Cc1ccsc1/C=c1/sc2nc(-c3ccccc3)nn2c1=O. The molecule has 4 rings (SSSR count). The van der Waals surface area contributed by atoms with E-state index < -0.39 is 0 Å². The molecule has 0 amide bonds. The molecule has 0 radical (unpaired) electrons. The zero-order valence-electron chi connectivity index (χ0n) is 11.7. The molecule has 0 bridgehead atoms. The number of fused-ring (bicyclic) bond motifs is 1. The zero-order valence-corrected chi connectivity index (χ0v) is 13.3. The Morgan fingerprint density at radius 2 is 2.00 bits per heavy atom. The minimum absolute atomic E-state index is 0.109. The topological polar surface area (TPSA) is 47.3 Å². The summed E-state index contributed by atoms with van der Waals surface area (Å²) in [6.45, 7) is 2.04. The van der Waals surface area contributed by atoms with E-state index in [4.69, 9.17) is 0 Å². The second kappa shape index (κ2) is 5.15. The minimum Gasteiger partial charge on any atom is -0.266 e. The van der Waals surface area contributed by atoms with Crippen LogP contribution in [0.3, 0.4) is 0 Å². The number of hydrogen-bond donors (Lipinski definition) is 0. The molecule has 3 heterocycles. The molecule has 0 atom stereocenters. The van der Waals surface area contributed by atoms with Crippen LogP contribution in [0.25, 0.3) is 22.4 Å². The predicted octanol–water partition coefficient (Wildman–Crippen LogP) is 2.74. The predicted molar refractivity (Wildman–Crippen MR) is 90.4 cm³/mol. The van der Waals surface area contributed by atoms with Crippen molar-refractivity contribution in [3.8, 4) is 11.4 Å². The highest BCUT2D eigenvalue weighted by molar-refractivity contribution is 7.15. The summed E-state index contributed by atoms with van der Waals surface area (Å²) in [5.74, 6) is 0.586. The molecule has 1 aromatic carbocycles. The molecule has 0 unspecified atom stereocenters. The first-order chi connectivity index (χ1) is 10.7. The molecule has 3 aromatic heterocycles. The van der Waals surface area contributed by atoms with Crippen LogP contribution in [-0.2, 0) is 0 Å². The van der Waals surface area contributed by atoms with E-state index in [1.54, 1.807) is 11.3 Å². The van der Waals surface area contributed by atoms with E-state index in [0.29, 0.717) is 15.3 Å². The molecule has 6 heteroatoms. The van der Waals surface area contributed by atoms with Crippen LogP contribution in [0.4, 0.5) is 0 Å².